The van der Waals surface area contributed by atoms with Crippen molar-refractivity contribution >= 4 is 17.3 Å². The molecule has 3 nitrogen and oxygen atoms in total. The summed E-state index contributed by atoms with van der Waals surface area (Å²) in [5, 5.41) is 6.26. The van der Waals surface area contributed by atoms with E-state index in [0.29, 0.717) is 12.8 Å². The number of para-hydroxylation sites is 1. The molecule has 0 aromatic heterocycles. The number of hydrogen-bond donors (Lipinski definition) is 0. The van der Waals surface area contributed by atoms with Gasteiger partial charge in [-0.25, -0.2) is 0 Å². The van der Waals surface area contributed by atoms with Crippen molar-refractivity contribution in [3.05, 3.63) is 78.4 Å². The lowest BCUT2D eigenvalue weighted by atomic mass is 9.72. The number of nitrogens with zero attached hydrogens (tertiary/aromatic N) is 2. The number of carbonyl (C=O) groups is 1. The summed E-state index contributed by atoms with van der Waals surface area (Å²) >= 11 is 0. The summed E-state index contributed by atoms with van der Waals surface area (Å²) in [5.41, 5.74) is 3.32. The Morgan fingerprint density at radius 3 is 2.33 bits per heavy atom. The second-order valence-electron chi connectivity index (χ2n) is 7.41. The molecule has 3 rings (SSSR count). The number of carbonyl (C=O) groups excluding carboxylic acids is 1. The highest BCUT2D eigenvalue weighted by Gasteiger charge is 2.49. The van der Waals surface area contributed by atoms with Gasteiger partial charge in [0.1, 0.15) is 0 Å². The van der Waals surface area contributed by atoms with Crippen molar-refractivity contribution in [3.8, 4) is 0 Å². The van der Waals surface area contributed by atoms with Gasteiger partial charge in [0, 0.05) is 0 Å². The third-order valence-corrected chi connectivity index (χ3v) is 5.33. The molecule has 1 aliphatic rings. The molecule has 1 unspecified atom stereocenters. The Kier molecular flexibility index (Phi) is 5.90. The molecular weight excluding hydrogens is 332 g/mol. The smallest absolute Gasteiger partial charge is 0.260 e. The van der Waals surface area contributed by atoms with Gasteiger partial charge < -0.3 is 0 Å². The van der Waals surface area contributed by atoms with Crippen LogP contribution in [-0.4, -0.2) is 11.6 Å². The quantitative estimate of drug-likeness (QED) is 0.550. The Labute approximate surface area is 162 Å². The van der Waals surface area contributed by atoms with Crippen molar-refractivity contribution in [1.82, 2.24) is 0 Å². The first-order chi connectivity index (χ1) is 13.1. The second-order valence-corrected chi connectivity index (χ2v) is 7.41. The lowest BCUT2D eigenvalue weighted by Gasteiger charge is -2.29. The zero-order chi connectivity index (χ0) is 19.3. The third-order valence-electron chi connectivity index (χ3n) is 5.33. The van der Waals surface area contributed by atoms with Crippen molar-refractivity contribution in [3.63, 3.8) is 0 Å². The standard InChI is InChI=1S/C24H28N2O/c1-4-5-12-19(2)17-24(18-21-13-8-6-9-14-21)20(3)25-26(23(24)27)22-15-10-7-11-16-22/h6-11,13-16H,2,4-5,12,17-18H2,1,3H3. The van der Waals surface area contributed by atoms with Crippen LogP contribution in [0.1, 0.15) is 45.1 Å². The molecule has 0 saturated heterocycles. The Hall–Kier alpha value is -2.68. The molecule has 2 aromatic carbocycles. The Bertz CT molecular complexity index is 826. The predicted molar refractivity (Wildman–Crippen MR) is 113 cm³/mol. The number of hydrogen-bond acceptors (Lipinski definition) is 2. The van der Waals surface area contributed by atoms with Gasteiger partial charge in [-0.2, -0.15) is 10.1 Å². The first kappa shape index (κ1) is 19.1. The molecule has 0 saturated carbocycles. The van der Waals surface area contributed by atoms with Gasteiger partial charge >= 0.3 is 0 Å². The minimum Gasteiger partial charge on any atom is -0.271 e. The average molecular weight is 361 g/mol. The van der Waals surface area contributed by atoms with Crippen LogP contribution >= 0.6 is 0 Å². The van der Waals surface area contributed by atoms with Crippen LogP contribution in [-0.2, 0) is 11.2 Å². The first-order valence-electron chi connectivity index (χ1n) is 9.72. The molecule has 0 aliphatic carbocycles. The Morgan fingerprint density at radius 2 is 1.70 bits per heavy atom. The molecule has 2 aromatic rings. The maximum absolute atomic E-state index is 13.6. The van der Waals surface area contributed by atoms with Gasteiger partial charge in [-0.05, 0) is 50.3 Å². The van der Waals surface area contributed by atoms with E-state index in [1.54, 1.807) is 5.01 Å². The van der Waals surface area contributed by atoms with Gasteiger partial charge in [-0.3, -0.25) is 4.79 Å². The van der Waals surface area contributed by atoms with Crippen molar-refractivity contribution < 1.29 is 4.79 Å². The third kappa shape index (κ3) is 4.02. The molecular formula is C24H28N2O. The summed E-state index contributed by atoms with van der Waals surface area (Å²) in [7, 11) is 0. The molecule has 140 valence electrons. The number of hydrazone groups is 1. The molecule has 1 aliphatic heterocycles. The highest BCUT2D eigenvalue weighted by atomic mass is 16.2. The average Bonchev–Trinajstić information content (AvgIpc) is 2.93. The maximum Gasteiger partial charge on any atom is 0.260 e. The summed E-state index contributed by atoms with van der Waals surface area (Å²) in [4.78, 5) is 13.6. The van der Waals surface area contributed by atoms with Crippen LogP contribution in [0.15, 0.2) is 77.9 Å². The van der Waals surface area contributed by atoms with E-state index in [2.05, 4.69) is 30.7 Å². The van der Waals surface area contributed by atoms with Crippen LogP contribution in [0.25, 0.3) is 0 Å². The largest absolute Gasteiger partial charge is 0.271 e. The summed E-state index contributed by atoms with van der Waals surface area (Å²) in [6.07, 6.45) is 4.49. The van der Waals surface area contributed by atoms with Crippen LogP contribution < -0.4 is 5.01 Å². The monoisotopic (exact) mass is 360 g/mol. The van der Waals surface area contributed by atoms with E-state index in [4.69, 9.17) is 0 Å². The zero-order valence-electron chi connectivity index (χ0n) is 16.3. The van der Waals surface area contributed by atoms with E-state index in [1.807, 2.05) is 55.5 Å². The van der Waals surface area contributed by atoms with Gasteiger partial charge in [-0.1, -0.05) is 74.0 Å². The van der Waals surface area contributed by atoms with E-state index >= 15 is 0 Å². The molecule has 1 heterocycles. The van der Waals surface area contributed by atoms with Gasteiger partial charge in [0.15, 0.2) is 0 Å². The normalized spacial score (nSPS) is 19.3. The molecule has 1 atom stereocenters. The summed E-state index contributed by atoms with van der Waals surface area (Å²) < 4.78 is 0. The van der Waals surface area contributed by atoms with Gasteiger partial charge in [0.2, 0.25) is 0 Å². The molecule has 0 bridgehead atoms. The van der Waals surface area contributed by atoms with Crippen LogP contribution in [0.4, 0.5) is 5.69 Å². The van der Waals surface area contributed by atoms with Crippen molar-refractivity contribution in [2.75, 3.05) is 5.01 Å². The van der Waals surface area contributed by atoms with E-state index in [9.17, 15) is 4.79 Å². The molecule has 0 fully saturated rings. The zero-order valence-corrected chi connectivity index (χ0v) is 16.3. The number of unbranched alkanes of at least 4 members (excludes halogenated alkanes) is 1. The van der Waals surface area contributed by atoms with E-state index in [0.717, 1.165) is 41.8 Å². The van der Waals surface area contributed by atoms with Crippen LogP contribution in [0.2, 0.25) is 0 Å². The first-order valence-corrected chi connectivity index (χ1v) is 9.72. The number of allylic oxidation sites excluding steroid dienone is 1. The van der Waals surface area contributed by atoms with Crippen LogP contribution in [0.3, 0.4) is 0 Å². The van der Waals surface area contributed by atoms with Crippen molar-refractivity contribution in [2.45, 2.75) is 46.0 Å². The number of amides is 1. The minimum absolute atomic E-state index is 0.0488. The van der Waals surface area contributed by atoms with Gasteiger partial charge in [-0.15, -0.1) is 0 Å². The van der Waals surface area contributed by atoms with Crippen LogP contribution in [0.5, 0.6) is 0 Å². The lowest BCUT2D eigenvalue weighted by Crippen LogP contribution is -2.41. The topological polar surface area (TPSA) is 32.7 Å². The predicted octanol–water partition coefficient (Wildman–Crippen LogP) is 5.77. The molecule has 0 spiro atoms. The molecule has 0 N–H and O–H groups in total. The molecule has 3 heteroatoms. The summed E-state index contributed by atoms with van der Waals surface area (Å²) in [6, 6.07) is 19.9. The fourth-order valence-corrected chi connectivity index (χ4v) is 3.75. The molecule has 1 amide bonds. The van der Waals surface area contributed by atoms with E-state index in [-0.39, 0.29) is 5.91 Å². The molecule has 0 radical (unpaired) electrons. The highest BCUT2D eigenvalue weighted by molar-refractivity contribution is 6.18. The second kappa shape index (κ2) is 8.34. The number of benzene rings is 2. The van der Waals surface area contributed by atoms with Crippen LogP contribution in [0, 0.1) is 5.41 Å². The Morgan fingerprint density at radius 1 is 1.07 bits per heavy atom. The lowest BCUT2D eigenvalue weighted by molar-refractivity contribution is -0.123. The fourth-order valence-electron chi connectivity index (χ4n) is 3.75. The van der Waals surface area contributed by atoms with Crippen molar-refractivity contribution in [2.24, 2.45) is 10.5 Å². The fraction of sp³-hybridized carbons (Fsp3) is 0.333. The maximum atomic E-state index is 13.6. The van der Waals surface area contributed by atoms with Crippen molar-refractivity contribution in [1.29, 1.82) is 0 Å². The summed E-state index contributed by atoms with van der Waals surface area (Å²) in [5.74, 6) is 0.0488. The molecule has 27 heavy (non-hydrogen) atoms. The highest BCUT2D eigenvalue weighted by Crippen LogP contribution is 2.41. The number of anilines is 1. The minimum atomic E-state index is -0.651. The van der Waals surface area contributed by atoms with Gasteiger partial charge in [0.05, 0.1) is 16.8 Å². The number of rotatable bonds is 8. The SMILES string of the molecule is C=C(CCCC)CC1(Cc2ccccc2)C(=O)N(c2ccccc2)N=C1C. The Balaban J connectivity index is 1.95. The van der Waals surface area contributed by atoms with Gasteiger partial charge in [0.25, 0.3) is 5.91 Å². The van der Waals surface area contributed by atoms with E-state index in [1.165, 1.54) is 0 Å². The van der Waals surface area contributed by atoms with E-state index < -0.39 is 5.41 Å². The summed E-state index contributed by atoms with van der Waals surface area (Å²) in [6.45, 7) is 8.44.